The van der Waals surface area contributed by atoms with Crippen molar-refractivity contribution in [2.24, 2.45) is 0 Å². The molecule has 39 valence electrons. The van der Waals surface area contributed by atoms with Gasteiger partial charge in [0.15, 0.2) is 0 Å². The van der Waals surface area contributed by atoms with Gasteiger partial charge >= 0.3 is 97.8 Å². The van der Waals surface area contributed by atoms with Gasteiger partial charge in [0.1, 0.15) is 0 Å². The van der Waals surface area contributed by atoms with E-state index in [4.69, 9.17) is 16.0 Å². The largest absolute Gasteiger partial charge is 4.00 e. The van der Waals surface area contributed by atoms with Crippen LogP contribution < -0.4 is 37.9 Å². The molecule has 0 aliphatic heterocycles. The molecule has 0 bridgehead atoms. The van der Waals surface area contributed by atoms with Gasteiger partial charge in [0.2, 0.25) is 0 Å². The van der Waals surface area contributed by atoms with Crippen LogP contribution in [0.2, 0.25) is 0 Å². The Kier molecular flexibility index (Phi) is 26.0. The van der Waals surface area contributed by atoms with Crippen molar-refractivity contribution in [2.45, 2.75) is 0 Å². The maximum Gasteiger partial charge on any atom is 4.00 e. The number of hydrogen-bond donors (Lipinski definition) is 0. The van der Waals surface area contributed by atoms with Gasteiger partial charge in [-0.25, -0.2) is 0 Å². The summed E-state index contributed by atoms with van der Waals surface area (Å²) >= 11 is -5.62. The zero-order valence-corrected chi connectivity index (χ0v) is 9.71. The van der Waals surface area contributed by atoms with Gasteiger partial charge in [-0.1, -0.05) is 0 Å². The van der Waals surface area contributed by atoms with E-state index in [0.29, 0.717) is 0 Å². The van der Waals surface area contributed by atoms with Crippen molar-refractivity contribution in [1.82, 2.24) is 0 Å². The van der Waals surface area contributed by atoms with Gasteiger partial charge in [-0.05, 0) is 0 Å². The SMILES string of the molecule is [Fe+2].[Na+].[O]=[Mn](=[O])([O-])[O-].[Ti+4]. The summed E-state index contributed by atoms with van der Waals surface area (Å²) in [6, 6.07) is 0. The molecule has 0 fully saturated rings. The molecular weight excluding hydrogens is 246 g/mol. The van der Waals surface area contributed by atoms with E-state index in [1.807, 2.05) is 0 Å². The molecule has 0 N–H and O–H groups in total. The molecule has 0 unspecified atom stereocenters. The molecule has 0 radical (unpaired) electrons. The third kappa shape index (κ3) is 84.7. The average Bonchev–Trinajstić information content (AvgIpc) is 0.722. The van der Waals surface area contributed by atoms with Crippen molar-refractivity contribution in [3.8, 4) is 0 Å². The molecule has 0 saturated heterocycles. The second kappa shape index (κ2) is 9.27. The topological polar surface area (TPSA) is 80.3 Å². The monoisotopic (exact) mass is 246 g/mol. The molecule has 8 heteroatoms. The molecule has 0 aliphatic carbocycles. The molecule has 0 spiro atoms. The summed E-state index contributed by atoms with van der Waals surface area (Å²) in [4.78, 5) is 0. The first-order valence-corrected chi connectivity index (χ1v) is 2.54. The van der Waals surface area contributed by atoms with Crippen LogP contribution in [-0.2, 0) is 59.8 Å². The zero-order chi connectivity index (χ0) is 4.50. The molecule has 0 aromatic heterocycles. The van der Waals surface area contributed by atoms with E-state index >= 15 is 0 Å². The molecule has 0 aromatic carbocycles. The van der Waals surface area contributed by atoms with Gasteiger partial charge in [0, 0.05) is 0 Å². The second-order valence-electron chi connectivity index (χ2n) is 0.378. The van der Waals surface area contributed by atoms with E-state index in [0.717, 1.165) is 0 Å². The van der Waals surface area contributed by atoms with Crippen LogP contribution in [0.15, 0.2) is 0 Å². The van der Waals surface area contributed by atoms with Crippen molar-refractivity contribution >= 4 is 0 Å². The fourth-order valence-corrected chi connectivity index (χ4v) is 0. The smallest absolute Gasteiger partial charge is 4.00 e. The summed E-state index contributed by atoms with van der Waals surface area (Å²) in [6.07, 6.45) is 0. The quantitative estimate of drug-likeness (QED) is 0.399. The second-order valence-corrected chi connectivity index (χ2v) is 1.56. The summed E-state index contributed by atoms with van der Waals surface area (Å²) in [6.45, 7) is 0. The Bertz CT molecular complexity index is 99.2. The zero-order valence-electron chi connectivity index (χ0n) is 3.86. The minimum absolute atomic E-state index is 0. The standard InChI is InChI=1S/Fe.Mn.Na.4O.Ti/q+2;;+1;;;2*-1;+4. The first-order chi connectivity index (χ1) is 2.00. The van der Waals surface area contributed by atoms with E-state index in [1.165, 1.54) is 0 Å². The van der Waals surface area contributed by atoms with E-state index in [1.54, 1.807) is 0 Å². The molecule has 0 amide bonds. The van der Waals surface area contributed by atoms with Gasteiger partial charge in [-0.15, -0.1) is 0 Å². The molecule has 4 nitrogen and oxygen atoms in total. The molecule has 0 aromatic rings. The summed E-state index contributed by atoms with van der Waals surface area (Å²) in [5.74, 6) is 0. The van der Waals surface area contributed by atoms with E-state index in [9.17, 15) is 0 Å². The van der Waals surface area contributed by atoms with Gasteiger partial charge < -0.3 is 0 Å². The first kappa shape index (κ1) is 22.4. The molecule has 0 saturated carbocycles. The fraction of sp³-hybridized carbons (Fsp3) is 0. The van der Waals surface area contributed by atoms with Crippen molar-refractivity contribution in [3.05, 3.63) is 0 Å². The Balaban J connectivity index is -0.0000000267. The van der Waals surface area contributed by atoms with Crippen molar-refractivity contribution < 1.29 is 97.8 Å². The van der Waals surface area contributed by atoms with Crippen molar-refractivity contribution in [3.63, 3.8) is 0 Å². The van der Waals surface area contributed by atoms with E-state index in [2.05, 4.69) is 0 Å². The predicted octanol–water partition coefficient (Wildman–Crippen LogP) is -5.62. The normalized spacial score (nSPS) is 7.25. The van der Waals surface area contributed by atoms with Crippen LogP contribution >= 0.6 is 0 Å². The Labute approximate surface area is 96.3 Å². The van der Waals surface area contributed by atoms with Crippen LogP contribution in [0.1, 0.15) is 0 Å². The maximum atomic E-state index is 8.58. The fourth-order valence-electron chi connectivity index (χ4n) is 0. The van der Waals surface area contributed by atoms with Crippen LogP contribution in [0, 0.1) is 0 Å². The van der Waals surface area contributed by atoms with Crippen LogP contribution in [0.25, 0.3) is 0 Å². The Morgan fingerprint density at radius 3 is 1.12 bits per heavy atom. The van der Waals surface area contributed by atoms with Crippen LogP contribution in [-0.4, -0.2) is 0 Å². The van der Waals surface area contributed by atoms with Gasteiger partial charge in [0.05, 0.1) is 0 Å². The summed E-state index contributed by atoms with van der Waals surface area (Å²) in [7, 11) is 0. The summed E-state index contributed by atoms with van der Waals surface area (Å²) in [5.41, 5.74) is 0. The number of rotatable bonds is 0. The average molecular weight is 246 g/mol. The third-order valence-corrected chi connectivity index (χ3v) is 0. The molecule has 0 aliphatic rings. The first-order valence-electron chi connectivity index (χ1n) is 0.617. The van der Waals surface area contributed by atoms with Gasteiger partial charge in [-0.2, -0.15) is 0 Å². The third-order valence-electron chi connectivity index (χ3n) is 0. The molecular formula is FeMnNaO4Ti+5. The van der Waals surface area contributed by atoms with Crippen LogP contribution in [0.3, 0.4) is 0 Å². The molecule has 0 rings (SSSR count). The maximum absolute atomic E-state index is 8.58. The minimum atomic E-state index is -5.62. The van der Waals surface area contributed by atoms with Gasteiger partial charge in [0.25, 0.3) is 0 Å². The van der Waals surface area contributed by atoms with Crippen LogP contribution in [0.5, 0.6) is 0 Å². The summed E-state index contributed by atoms with van der Waals surface area (Å²) in [5, 5.41) is 0. The number of hydrogen-bond acceptors (Lipinski definition) is 4. The molecule has 0 atom stereocenters. The van der Waals surface area contributed by atoms with Gasteiger partial charge in [-0.3, -0.25) is 0 Å². The van der Waals surface area contributed by atoms with Crippen molar-refractivity contribution in [2.75, 3.05) is 0 Å². The van der Waals surface area contributed by atoms with Crippen LogP contribution in [0.4, 0.5) is 0 Å². The van der Waals surface area contributed by atoms with Crippen molar-refractivity contribution in [1.29, 1.82) is 0 Å². The van der Waals surface area contributed by atoms with E-state index in [-0.39, 0.29) is 68.3 Å². The summed E-state index contributed by atoms with van der Waals surface area (Å²) < 4.78 is 34.3. The predicted molar refractivity (Wildman–Crippen MR) is 1.37 cm³/mol. The Hall–Kier alpha value is 2.27. The Morgan fingerprint density at radius 1 is 1.12 bits per heavy atom. The van der Waals surface area contributed by atoms with E-state index < -0.39 is 13.4 Å². The Morgan fingerprint density at radius 2 is 1.12 bits per heavy atom. The molecule has 0 heterocycles. The molecule has 8 heavy (non-hydrogen) atoms. The minimum Gasteiger partial charge on any atom is 4.00 e.